The number of carbonyl (C=O) groups excluding carboxylic acids is 1. The average Bonchev–Trinajstić information content (AvgIpc) is 2.75. The van der Waals surface area contributed by atoms with Crippen molar-refractivity contribution < 1.29 is 4.79 Å². The van der Waals surface area contributed by atoms with Crippen molar-refractivity contribution in [2.45, 2.75) is 13.3 Å². The van der Waals surface area contributed by atoms with E-state index < -0.39 is 0 Å². The van der Waals surface area contributed by atoms with Crippen molar-refractivity contribution in [2.24, 2.45) is 0 Å². The monoisotopic (exact) mass is 294 g/mol. The first-order valence-electron chi connectivity index (χ1n) is 5.09. The second-order valence-corrected chi connectivity index (χ2v) is 5.95. The van der Waals surface area contributed by atoms with Crippen molar-refractivity contribution in [3.05, 3.63) is 56.2 Å². The third kappa shape index (κ3) is 2.42. The molecular weight excluding hydrogens is 284 g/mol. The summed E-state index contributed by atoms with van der Waals surface area (Å²) >= 11 is 4.83. The van der Waals surface area contributed by atoms with E-state index in [1.54, 1.807) is 0 Å². The largest absolute Gasteiger partial charge is 0.288 e. The zero-order valence-corrected chi connectivity index (χ0v) is 11.3. The number of hydrogen-bond acceptors (Lipinski definition) is 2. The highest BCUT2D eigenvalue weighted by molar-refractivity contribution is 9.11. The van der Waals surface area contributed by atoms with Crippen LogP contribution in [0.25, 0.3) is 0 Å². The summed E-state index contributed by atoms with van der Waals surface area (Å²) < 4.78 is 0.987. The summed E-state index contributed by atoms with van der Waals surface area (Å²) in [4.78, 5) is 12.8. The molecule has 1 aromatic heterocycles. The second-order valence-electron chi connectivity index (χ2n) is 3.48. The zero-order chi connectivity index (χ0) is 11.5. The molecule has 2 aromatic rings. The van der Waals surface area contributed by atoms with Gasteiger partial charge in [-0.3, -0.25) is 4.79 Å². The topological polar surface area (TPSA) is 17.1 Å². The number of carbonyl (C=O) groups is 1. The van der Waals surface area contributed by atoms with Gasteiger partial charge < -0.3 is 0 Å². The predicted octanol–water partition coefficient (Wildman–Crippen LogP) is 4.30. The molecule has 0 saturated heterocycles. The zero-order valence-electron chi connectivity index (χ0n) is 8.87. The maximum Gasteiger partial charge on any atom is 0.202 e. The first-order valence-corrected chi connectivity index (χ1v) is 6.70. The number of hydrogen-bond donors (Lipinski definition) is 0. The van der Waals surface area contributed by atoms with Crippen molar-refractivity contribution in [1.29, 1.82) is 0 Å². The molecule has 0 spiro atoms. The van der Waals surface area contributed by atoms with Gasteiger partial charge in [0, 0.05) is 5.56 Å². The van der Waals surface area contributed by atoms with Crippen LogP contribution in [-0.2, 0) is 6.42 Å². The van der Waals surface area contributed by atoms with Gasteiger partial charge in [0.1, 0.15) is 0 Å². The molecule has 0 N–H and O–H groups in total. The first-order chi connectivity index (χ1) is 7.70. The molecule has 82 valence electrons. The summed E-state index contributed by atoms with van der Waals surface area (Å²) in [6.45, 7) is 2.10. The fraction of sp³-hybridized carbons (Fsp3) is 0.154. The Balaban J connectivity index is 2.27. The number of halogens is 1. The van der Waals surface area contributed by atoms with Gasteiger partial charge in [0.15, 0.2) is 0 Å². The standard InChI is InChI=1S/C13H11BrOS/c1-2-9-3-5-10(6-4-9)13(15)11-7-8-12(14)16-11/h3-8H,2H2,1H3. The molecule has 0 aliphatic rings. The van der Waals surface area contributed by atoms with E-state index in [1.807, 2.05) is 36.4 Å². The van der Waals surface area contributed by atoms with Crippen LogP contribution in [-0.4, -0.2) is 5.78 Å². The van der Waals surface area contributed by atoms with E-state index in [4.69, 9.17) is 0 Å². The molecule has 16 heavy (non-hydrogen) atoms. The quantitative estimate of drug-likeness (QED) is 0.771. The lowest BCUT2D eigenvalue weighted by Gasteiger charge is -2.00. The lowest BCUT2D eigenvalue weighted by Crippen LogP contribution is -1.98. The molecule has 1 heterocycles. The third-order valence-electron chi connectivity index (χ3n) is 2.42. The van der Waals surface area contributed by atoms with E-state index in [0.717, 1.165) is 20.6 Å². The molecule has 2 rings (SSSR count). The minimum atomic E-state index is 0.0957. The molecule has 0 unspecified atom stereocenters. The van der Waals surface area contributed by atoms with Gasteiger partial charge in [-0.15, -0.1) is 11.3 Å². The Morgan fingerprint density at radius 1 is 1.19 bits per heavy atom. The van der Waals surface area contributed by atoms with Crippen molar-refractivity contribution in [3.8, 4) is 0 Å². The van der Waals surface area contributed by atoms with Crippen LogP contribution >= 0.6 is 27.3 Å². The molecule has 1 nitrogen and oxygen atoms in total. The Morgan fingerprint density at radius 3 is 2.38 bits per heavy atom. The fourth-order valence-electron chi connectivity index (χ4n) is 1.47. The molecule has 3 heteroatoms. The third-order valence-corrected chi connectivity index (χ3v) is 4.04. The fourth-order valence-corrected chi connectivity index (χ4v) is 2.82. The van der Waals surface area contributed by atoms with Crippen molar-refractivity contribution >= 4 is 33.0 Å². The summed E-state index contributed by atoms with van der Waals surface area (Å²) in [7, 11) is 0. The summed E-state index contributed by atoms with van der Waals surface area (Å²) in [5.74, 6) is 0.0957. The molecule has 0 aliphatic carbocycles. The molecular formula is C13H11BrOS. The highest BCUT2D eigenvalue weighted by atomic mass is 79.9. The number of thiophene rings is 1. The molecule has 0 fully saturated rings. The van der Waals surface area contributed by atoms with Crippen molar-refractivity contribution in [3.63, 3.8) is 0 Å². The van der Waals surface area contributed by atoms with Gasteiger partial charge in [-0.1, -0.05) is 31.2 Å². The average molecular weight is 295 g/mol. The van der Waals surface area contributed by atoms with E-state index >= 15 is 0 Å². The van der Waals surface area contributed by atoms with Crippen LogP contribution in [0.2, 0.25) is 0 Å². The van der Waals surface area contributed by atoms with Gasteiger partial charge in [0.2, 0.25) is 5.78 Å². The minimum Gasteiger partial charge on any atom is -0.288 e. The van der Waals surface area contributed by atoms with E-state index in [1.165, 1.54) is 16.9 Å². The Morgan fingerprint density at radius 2 is 1.88 bits per heavy atom. The van der Waals surface area contributed by atoms with Crippen LogP contribution in [0.5, 0.6) is 0 Å². The summed E-state index contributed by atoms with van der Waals surface area (Å²) in [6, 6.07) is 11.6. The maximum atomic E-state index is 12.0. The van der Waals surface area contributed by atoms with E-state index in [2.05, 4.69) is 22.9 Å². The van der Waals surface area contributed by atoms with Gasteiger partial charge in [0.05, 0.1) is 8.66 Å². The van der Waals surface area contributed by atoms with Crippen LogP contribution in [0, 0.1) is 0 Å². The van der Waals surface area contributed by atoms with E-state index in [-0.39, 0.29) is 5.78 Å². The van der Waals surface area contributed by atoms with Gasteiger partial charge in [-0.2, -0.15) is 0 Å². The summed E-state index contributed by atoms with van der Waals surface area (Å²) in [5.41, 5.74) is 2.01. The highest BCUT2D eigenvalue weighted by Gasteiger charge is 2.10. The van der Waals surface area contributed by atoms with Crippen molar-refractivity contribution in [1.82, 2.24) is 0 Å². The van der Waals surface area contributed by atoms with Crippen LogP contribution in [0.3, 0.4) is 0 Å². The summed E-state index contributed by atoms with van der Waals surface area (Å²) in [5, 5.41) is 0. The molecule has 0 atom stereocenters. The van der Waals surface area contributed by atoms with Crippen LogP contribution in [0.1, 0.15) is 27.7 Å². The van der Waals surface area contributed by atoms with Gasteiger partial charge in [0.25, 0.3) is 0 Å². The lowest BCUT2D eigenvalue weighted by atomic mass is 10.1. The maximum absolute atomic E-state index is 12.0. The normalized spacial score (nSPS) is 10.4. The van der Waals surface area contributed by atoms with E-state index in [9.17, 15) is 4.79 Å². The Hall–Kier alpha value is -0.930. The number of aryl methyl sites for hydroxylation is 1. The van der Waals surface area contributed by atoms with Gasteiger partial charge in [-0.25, -0.2) is 0 Å². The molecule has 1 aromatic carbocycles. The Kier molecular flexibility index (Phi) is 3.56. The van der Waals surface area contributed by atoms with Crippen molar-refractivity contribution in [2.75, 3.05) is 0 Å². The molecule has 0 amide bonds. The SMILES string of the molecule is CCc1ccc(C(=O)c2ccc(Br)s2)cc1. The lowest BCUT2D eigenvalue weighted by molar-refractivity contribution is 0.104. The highest BCUT2D eigenvalue weighted by Crippen LogP contribution is 2.24. The second kappa shape index (κ2) is 4.93. The van der Waals surface area contributed by atoms with Crippen LogP contribution in [0.15, 0.2) is 40.2 Å². The van der Waals surface area contributed by atoms with Gasteiger partial charge in [-0.05, 0) is 40.0 Å². The van der Waals surface area contributed by atoms with E-state index in [0.29, 0.717) is 0 Å². The van der Waals surface area contributed by atoms with Crippen LogP contribution < -0.4 is 0 Å². The first kappa shape index (κ1) is 11.6. The summed E-state index contributed by atoms with van der Waals surface area (Å²) in [6.07, 6.45) is 0.999. The smallest absolute Gasteiger partial charge is 0.202 e. The number of rotatable bonds is 3. The molecule has 0 bridgehead atoms. The van der Waals surface area contributed by atoms with Gasteiger partial charge >= 0.3 is 0 Å². The molecule has 0 aliphatic heterocycles. The number of ketones is 1. The molecule has 0 radical (unpaired) electrons. The number of benzene rings is 1. The molecule has 0 saturated carbocycles. The predicted molar refractivity (Wildman–Crippen MR) is 71.3 cm³/mol. The Labute approximate surface area is 107 Å². The Bertz CT molecular complexity index is 499. The van der Waals surface area contributed by atoms with Crippen LogP contribution in [0.4, 0.5) is 0 Å². The minimum absolute atomic E-state index is 0.0957.